The number of halogens is 1. The van der Waals surface area contributed by atoms with Crippen LogP contribution in [0.15, 0.2) is 30.5 Å². The first-order chi connectivity index (χ1) is 17.1. The summed E-state index contributed by atoms with van der Waals surface area (Å²) in [6, 6.07) is 5.05. The normalized spacial score (nSPS) is 12.4. The molecule has 2 atom stereocenters. The van der Waals surface area contributed by atoms with E-state index in [4.69, 9.17) is 11.5 Å². The van der Waals surface area contributed by atoms with Gasteiger partial charge in [-0.25, -0.2) is 23.9 Å². The van der Waals surface area contributed by atoms with E-state index in [1.165, 1.54) is 12.1 Å². The third-order valence-corrected chi connectivity index (χ3v) is 5.16. The predicted molar refractivity (Wildman–Crippen MR) is 127 cm³/mol. The van der Waals surface area contributed by atoms with E-state index in [1.807, 2.05) is 11.9 Å². The van der Waals surface area contributed by atoms with Crippen LogP contribution in [0.4, 0.5) is 21.8 Å². The number of alkyl halides is 1. The highest BCUT2D eigenvalue weighted by molar-refractivity contribution is 5.97. The van der Waals surface area contributed by atoms with E-state index in [0.29, 0.717) is 17.8 Å². The minimum absolute atomic E-state index is 0.00850. The molecule has 0 aliphatic carbocycles. The second kappa shape index (κ2) is 11.2. The molecule has 0 bridgehead atoms. The van der Waals surface area contributed by atoms with Crippen molar-refractivity contribution in [2.45, 2.75) is 25.2 Å². The highest BCUT2D eigenvalue weighted by Crippen LogP contribution is 2.19. The molecule has 36 heavy (non-hydrogen) atoms. The van der Waals surface area contributed by atoms with Gasteiger partial charge in [-0.1, -0.05) is 0 Å². The van der Waals surface area contributed by atoms with Gasteiger partial charge in [0, 0.05) is 24.7 Å². The van der Waals surface area contributed by atoms with Gasteiger partial charge >= 0.3 is 11.9 Å². The monoisotopic (exact) mass is 500 g/mol. The Bertz CT molecular complexity index is 1270. The van der Waals surface area contributed by atoms with Crippen LogP contribution in [0.3, 0.4) is 0 Å². The molecule has 1 amide bonds. The number of nitrogen functional groups attached to an aromatic ring is 2. The number of esters is 2. The molecule has 14 heteroatoms. The number of nitrogens with zero attached hydrogens (tertiary/aromatic N) is 5. The van der Waals surface area contributed by atoms with E-state index in [-0.39, 0.29) is 23.0 Å². The summed E-state index contributed by atoms with van der Waals surface area (Å²) < 4.78 is 22.9. The first kappa shape index (κ1) is 26.0. The number of carbonyl (C=O) groups excluding carboxylic acids is 3. The van der Waals surface area contributed by atoms with Gasteiger partial charge in [-0.15, -0.1) is 0 Å². The molecule has 3 rings (SSSR count). The van der Waals surface area contributed by atoms with Crippen LogP contribution in [0.1, 0.15) is 22.5 Å². The first-order valence-electron chi connectivity index (χ1n) is 10.6. The molecule has 1 aromatic carbocycles. The van der Waals surface area contributed by atoms with Gasteiger partial charge < -0.3 is 31.2 Å². The minimum atomic E-state index is -2.10. The molecule has 0 aliphatic heterocycles. The summed E-state index contributed by atoms with van der Waals surface area (Å²) in [5.41, 5.74) is 13.6. The second-order valence-electron chi connectivity index (χ2n) is 7.68. The van der Waals surface area contributed by atoms with Gasteiger partial charge in [0.2, 0.25) is 5.95 Å². The molecule has 190 valence electrons. The number of nitrogens with two attached hydrogens (primary N) is 2. The zero-order valence-corrected chi connectivity index (χ0v) is 19.8. The minimum Gasteiger partial charge on any atom is -0.467 e. The highest BCUT2D eigenvalue weighted by Gasteiger charge is 2.30. The van der Waals surface area contributed by atoms with Crippen LogP contribution in [0.25, 0.3) is 11.2 Å². The number of hydrogen-bond donors (Lipinski definition) is 3. The zero-order chi connectivity index (χ0) is 26.4. The number of rotatable bonds is 9. The fourth-order valence-corrected chi connectivity index (χ4v) is 3.29. The van der Waals surface area contributed by atoms with Crippen molar-refractivity contribution in [1.82, 2.24) is 25.3 Å². The highest BCUT2D eigenvalue weighted by atomic mass is 19.1. The van der Waals surface area contributed by atoms with Crippen LogP contribution < -0.4 is 21.7 Å². The molecule has 3 aromatic rings. The maximum absolute atomic E-state index is 14.0. The van der Waals surface area contributed by atoms with E-state index < -0.39 is 36.5 Å². The lowest BCUT2D eigenvalue weighted by molar-refractivity contribution is -0.148. The molecule has 5 N–H and O–H groups in total. The van der Waals surface area contributed by atoms with Gasteiger partial charge in [-0.05, 0) is 24.3 Å². The molecular weight excluding hydrogens is 475 g/mol. The molecule has 0 unspecified atom stereocenters. The van der Waals surface area contributed by atoms with Crippen LogP contribution in [-0.4, -0.2) is 71.3 Å². The van der Waals surface area contributed by atoms with E-state index in [9.17, 15) is 18.8 Å². The van der Waals surface area contributed by atoms with Gasteiger partial charge in [0.05, 0.1) is 32.7 Å². The Hall–Kier alpha value is -4.62. The third-order valence-electron chi connectivity index (χ3n) is 5.16. The SMILES string of the molecule is COC(=O)[C@H](C[C@H](F)C(=O)OC)NC(=O)c1ccc(N(C)Cc2cnc3nc(N)nc(N)c3n2)cc1. The van der Waals surface area contributed by atoms with Crippen molar-refractivity contribution in [2.24, 2.45) is 0 Å². The van der Waals surface area contributed by atoms with Gasteiger partial charge in [0.1, 0.15) is 6.04 Å². The van der Waals surface area contributed by atoms with Crippen LogP contribution in [0, 0.1) is 0 Å². The Morgan fingerprint density at radius 2 is 1.72 bits per heavy atom. The van der Waals surface area contributed by atoms with Crippen LogP contribution in [-0.2, 0) is 25.6 Å². The van der Waals surface area contributed by atoms with Crippen LogP contribution in [0.5, 0.6) is 0 Å². The maximum Gasteiger partial charge on any atom is 0.340 e. The number of hydrogen-bond acceptors (Lipinski definition) is 12. The predicted octanol–water partition coefficient (Wildman–Crippen LogP) is 0.393. The van der Waals surface area contributed by atoms with Gasteiger partial charge in [0.25, 0.3) is 5.91 Å². The molecule has 2 heterocycles. The molecule has 2 aromatic heterocycles. The number of fused-ring (bicyclic) bond motifs is 1. The molecule has 0 saturated carbocycles. The average molecular weight is 500 g/mol. The lowest BCUT2D eigenvalue weighted by Crippen LogP contribution is -2.44. The topological polar surface area (TPSA) is 189 Å². The zero-order valence-electron chi connectivity index (χ0n) is 19.8. The standard InChI is InChI=1S/C22H25FN8O5/c1-31(10-12-9-26-18-16(27-12)17(24)29-22(25)30-18)13-6-4-11(5-7-13)19(32)28-15(21(34)36-3)8-14(23)20(33)35-2/h4-7,9,14-15H,8,10H2,1-3H3,(H,28,32)(H4,24,25,26,29,30)/t14-,15-/m0/s1. The number of aromatic nitrogens is 4. The number of nitrogens with one attached hydrogen (secondary N) is 1. The van der Waals surface area contributed by atoms with Gasteiger partial charge in [0.15, 0.2) is 23.2 Å². The Balaban J connectivity index is 1.68. The molecule has 0 fully saturated rings. The number of anilines is 3. The van der Waals surface area contributed by atoms with Gasteiger partial charge in [-0.2, -0.15) is 9.97 Å². The average Bonchev–Trinajstić information content (AvgIpc) is 2.87. The smallest absolute Gasteiger partial charge is 0.340 e. The number of carbonyl (C=O) groups is 3. The van der Waals surface area contributed by atoms with Gasteiger partial charge in [-0.3, -0.25) is 4.79 Å². The maximum atomic E-state index is 14.0. The Labute approximate surface area is 205 Å². The molecule has 0 spiro atoms. The number of amides is 1. The summed E-state index contributed by atoms with van der Waals surface area (Å²) in [5.74, 6) is -2.56. The molecule has 0 radical (unpaired) electrons. The lowest BCUT2D eigenvalue weighted by atomic mass is 10.1. The van der Waals surface area contributed by atoms with Crippen molar-refractivity contribution in [1.29, 1.82) is 0 Å². The van der Waals surface area contributed by atoms with Crippen LogP contribution in [0.2, 0.25) is 0 Å². The van der Waals surface area contributed by atoms with Crippen molar-refractivity contribution in [3.05, 3.63) is 41.7 Å². The lowest BCUT2D eigenvalue weighted by Gasteiger charge is -2.20. The van der Waals surface area contributed by atoms with Crippen molar-refractivity contribution in [2.75, 3.05) is 37.6 Å². The summed E-state index contributed by atoms with van der Waals surface area (Å²) in [7, 11) is 3.92. The van der Waals surface area contributed by atoms with Crippen molar-refractivity contribution in [3.8, 4) is 0 Å². The number of benzene rings is 1. The molecule has 0 aliphatic rings. The first-order valence-corrected chi connectivity index (χ1v) is 10.6. The Morgan fingerprint density at radius 1 is 1.06 bits per heavy atom. The van der Waals surface area contributed by atoms with E-state index >= 15 is 0 Å². The summed E-state index contributed by atoms with van der Waals surface area (Å²) in [4.78, 5) is 54.4. The summed E-state index contributed by atoms with van der Waals surface area (Å²) in [5, 5.41) is 2.38. The third kappa shape index (κ3) is 6.08. The Morgan fingerprint density at radius 3 is 2.36 bits per heavy atom. The number of methoxy groups -OCH3 is 2. The van der Waals surface area contributed by atoms with Crippen molar-refractivity contribution >= 4 is 46.5 Å². The fraction of sp³-hybridized carbons (Fsp3) is 0.318. The van der Waals surface area contributed by atoms with E-state index in [1.54, 1.807) is 18.3 Å². The molecular formula is C22H25FN8O5. The molecule has 13 nitrogen and oxygen atoms in total. The van der Waals surface area contributed by atoms with Crippen molar-refractivity contribution in [3.63, 3.8) is 0 Å². The largest absolute Gasteiger partial charge is 0.467 e. The fourth-order valence-electron chi connectivity index (χ4n) is 3.29. The Kier molecular flexibility index (Phi) is 8.09. The summed E-state index contributed by atoms with van der Waals surface area (Å²) in [6.45, 7) is 0.355. The van der Waals surface area contributed by atoms with Crippen LogP contribution >= 0.6 is 0 Å². The second-order valence-corrected chi connectivity index (χ2v) is 7.68. The van der Waals surface area contributed by atoms with E-state index in [0.717, 1.165) is 19.9 Å². The molecule has 0 saturated heterocycles. The van der Waals surface area contributed by atoms with Crippen molar-refractivity contribution < 1.29 is 28.2 Å². The summed E-state index contributed by atoms with van der Waals surface area (Å²) >= 11 is 0. The number of ether oxygens (including phenoxy) is 2. The summed E-state index contributed by atoms with van der Waals surface area (Å²) in [6.07, 6.45) is -1.18. The quantitative estimate of drug-likeness (QED) is 0.343. The van der Waals surface area contributed by atoms with E-state index in [2.05, 4.69) is 34.7 Å².